The molecule has 22 heavy (non-hydrogen) atoms. The SMILES string of the molecule is CN(C)C(=O)N1CCN(Cc2csc(-c3ccco3)n2)CC1. The van der Waals surface area contributed by atoms with Gasteiger partial charge >= 0.3 is 6.03 Å². The highest BCUT2D eigenvalue weighted by molar-refractivity contribution is 7.13. The molecule has 0 unspecified atom stereocenters. The zero-order valence-electron chi connectivity index (χ0n) is 12.9. The predicted octanol–water partition coefficient (Wildman–Crippen LogP) is 2.20. The van der Waals surface area contributed by atoms with Crippen LogP contribution < -0.4 is 0 Å². The largest absolute Gasteiger partial charge is 0.462 e. The van der Waals surface area contributed by atoms with Crippen molar-refractivity contribution in [2.45, 2.75) is 6.54 Å². The van der Waals surface area contributed by atoms with Crippen LogP contribution in [0.25, 0.3) is 10.8 Å². The van der Waals surface area contributed by atoms with E-state index in [4.69, 9.17) is 4.42 Å². The number of aromatic nitrogens is 1. The van der Waals surface area contributed by atoms with E-state index in [1.54, 1.807) is 36.6 Å². The average Bonchev–Trinajstić information content (AvgIpc) is 3.18. The Hall–Kier alpha value is -1.86. The van der Waals surface area contributed by atoms with Gasteiger partial charge in [0, 0.05) is 52.2 Å². The van der Waals surface area contributed by atoms with Gasteiger partial charge in [0.1, 0.15) is 0 Å². The standard InChI is InChI=1S/C15H20N4O2S/c1-17(2)15(20)19-7-5-18(6-8-19)10-12-11-22-14(16-12)13-4-3-9-21-13/h3-4,9,11H,5-8,10H2,1-2H3. The van der Waals surface area contributed by atoms with Crippen molar-refractivity contribution in [2.75, 3.05) is 40.3 Å². The molecule has 1 fully saturated rings. The summed E-state index contributed by atoms with van der Waals surface area (Å²) < 4.78 is 5.37. The van der Waals surface area contributed by atoms with Crippen molar-refractivity contribution >= 4 is 17.4 Å². The maximum Gasteiger partial charge on any atom is 0.319 e. The second kappa shape index (κ2) is 6.50. The quantitative estimate of drug-likeness (QED) is 0.870. The molecule has 0 N–H and O–H groups in total. The smallest absolute Gasteiger partial charge is 0.319 e. The predicted molar refractivity (Wildman–Crippen MR) is 85.7 cm³/mol. The van der Waals surface area contributed by atoms with Crippen LogP contribution in [0.5, 0.6) is 0 Å². The Bertz CT molecular complexity index is 615. The Morgan fingerprint density at radius 2 is 2.14 bits per heavy atom. The number of thiazole rings is 1. The topological polar surface area (TPSA) is 52.8 Å². The third-order valence-corrected chi connectivity index (χ3v) is 4.60. The first-order chi connectivity index (χ1) is 10.6. The van der Waals surface area contributed by atoms with Gasteiger partial charge in [-0.2, -0.15) is 0 Å². The first-order valence-electron chi connectivity index (χ1n) is 7.30. The summed E-state index contributed by atoms with van der Waals surface area (Å²) >= 11 is 1.60. The summed E-state index contributed by atoms with van der Waals surface area (Å²) in [6.07, 6.45) is 1.66. The maximum absolute atomic E-state index is 11.9. The number of carbonyl (C=O) groups is 1. The van der Waals surface area contributed by atoms with E-state index in [0.717, 1.165) is 49.2 Å². The molecule has 3 rings (SSSR count). The normalized spacial score (nSPS) is 16.0. The Morgan fingerprint density at radius 1 is 1.36 bits per heavy atom. The maximum atomic E-state index is 11.9. The molecule has 1 saturated heterocycles. The molecule has 0 radical (unpaired) electrons. The zero-order chi connectivity index (χ0) is 15.5. The molecule has 2 aromatic heterocycles. The number of furan rings is 1. The summed E-state index contributed by atoms with van der Waals surface area (Å²) in [6.45, 7) is 4.12. The molecule has 6 nitrogen and oxygen atoms in total. The molecule has 1 aliphatic heterocycles. The van der Waals surface area contributed by atoms with Gasteiger partial charge in [-0.25, -0.2) is 9.78 Å². The highest BCUT2D eigenvalue weighted by atomic mass is 32.1. The van der Waals surface area contributed by atoms with Crippen molar-refractivity contribution < 1.29 is 9.21 Å². The molecule has 0 saturated carbocycles. The third-order valence-electron chi connectivity index (χ3n) is 3.69. The summed E-state index contributed by atoms with van der Waals surface area (Å²) in [4.78, 5) is 22.4. The minimum Gasteiger partial charge on any atom is -0.462 e. The van der Waals surface area contributed by atoms with Gasteiger partial charge in [0.2, 0.25) is 0 Å². The van der Waals surface area contributed by atoms with Gasteiger partial charge in [0.05, 0.1) is 12.0 Å². The lowest BCUT2D eigenvalue weighted by Gasteiger charge is -2.35. The fraction of sp³-hybridized carbons (Fsp3) is 0.467. The van der Waals surface area contributed by atoms with Gasteiger partial charge in [-0.1, -0.05) is 0 Å². The number of hydrogen-bond donors (Lipinski definition) is 0. The molecule has 118 valence electrons. The van der Waals surface area contributed by atoms with Crippen LogP contribution in [0.2, 0.25) is 0 Å². The van der Waals surface area contributed by atoms with Crippen molar-refractivity contribution in [3.05, 3.63) is 29.5 Å². The van der Waals surface area contributed by atoms with Gasteiger partial charge in [-0.3, -0.25) is 4.90 Å². The molecular weight excluding hydrogens is 300 g/mol. The molecule has 0 aliphatic carbocycles. The number of carbonyl (C=O) groups excluding carboxylic acids is 1. The Balaban J connectivity index is 1.54. The van der Waals surface area contributed by atoms with Gasteiger partial charge in [-0.05, 0) is 12.1 Å². The lowest BCUT2D eigenvalue weighted by molar-refractivity contribution is 0.119. The minimum atomic E-state index is 0.0911. The van der Waals surface area contributed by atoms with E-state index in [-0.39, 0.29) is 6.03 Å². The molecular formula is C15H20N4O2S. The van der Waals surface area contributed by atoms with Gasteiger partial charge in [0.25, 0.3) is 0 Å². The molecule has 1 aliphatic rings. The lowest BCUT2D eigenvalue weighted by atomic mass is 10.3. The number of urea groups is 1. The highest BCUT2D eigenvalue weighted by Crippen LogP contribution is 2.24. The molecule has 0 bridgehead atoms. The van der Waals surface area contributed by atoms with Crippen LogP contribution >= 0.6 is 11.3 Å². The average molecular weight is 320 g/mol. The van der Waals surface area contributed by atoms with Crippen molar-refractivity contribution in [3.8, 4) is 10.8 Å². The van der Waals surface area contributed by atoms with Crippen LogP contribution in [0.15, 0.2) is 28.2 Å². The van der Waals surface area contributed by atoms with Gasteiger partial charge < -0.3 is 14.2 Å². The van der Waals surface area contributed by atoms with Crippen LogP contribution in [0.3, 0.4) is 0 Å². The van der Waals surface area contributed by atoms with E-state index in [0.29, 0.717) is 0 Å². The zero-order valence-corrected chi connectivity index (χ0v) is 13.7. The summed E-state index contributed by atoms with van der Waals surface area (Å²) in [7, 11) is 3.58. The monoisotopic (exact) mass is 320 g/mol. The first-order valence-corrected chi connectivity index (χ1v) is 8.18. The van der Waals surface area contributed by atoms with E-state index < -0.39 is 0 Å². The molecule has 3 heterocycles. The van der Waals surface area contributed by atoms with Gasteiger partial charge in [-0.15, -0.1) is 11.3 Å². The third kappa shape index (κ3) is 3.31. The van der Waals surface area contributed by atoms with Crippen molar-refractivity contribution in [1.82, 2.24) is 19.7 Å². The second-order valence-electron chi connectivity index (χ2n) is 5.56. The van der Waals surface area contributed by atoms with Crippen LogP contribution in [0.1, 0.15) is 5.69 Å². The number of piperazine rings is 1. The minimum absolute atomic E-state index is 0.0911. The number of amides is 2. The second-order valence-corrected chi connectivity index (χ2v) is 6.42. The Labute approximate surface area is 133 Å². The fourth-order valence-corrected chi connectivity index (χ4v) is 3.28. The van der Waals surface area contributed by atoms with E-state index in [1.165, 1.54) is 0 Å². The van der Waals surface area contributed by atoms with Crippen molar-refractivity contribution in [2.24, 2.45) is 0 Å². The molecule has 0 atom stereocenters. The lowest BCUT2D eigenvalue weighted by Crippen LogP contribution is -2.51. The summed E-state index contributed by atoms with van der Waals surface area (Å²) in [5, 5.41) is 3.00. The summed E-state index contributed by atoms with van der Waals surface area (Å²) in [5.74, 6) is 0.817. The number of hydrogen-bond acceptors (Lipinski definition) is 5. The van der Waals surface area contributed by atoms with Gasteiger partial charge in [0.15, 0.2) is 10.8 Å². The van der Waals surface area contributed by atoms with Crippen LogP contribution in [-0.4, -0.2) is 66.0 Å². The van der Waals surface area contributed by atoms with E-state index in [9.17, 15) is 4.79 Å². The molecule has 2 aromatic rings. The van der Waals surface area contributed by atoms with Crippen molar-refractivity contribution in [1.29, 1.82) is 0 Å². The number of rotatable bonds is 3. The summed E-state index contributed by atoms with van der Waals surface area (Å²) in [5.41, 5.74) is 1.06. The highest BCUT2D eigenvalue weighted by Gasteiger charge is 2.22. The van der Waals surface area contributed by atoms with Crippen LogP contribution in [0, 0.1) is 0 Å². The van der Waals surface area contributed by atoms with E-state index in [1.807, 2.05) is 17.0 Å². The Kier molecular flexibility index (Phi) is 4.44. The van der Waals surface area contributed by atoms with Crippen LogP contribution in [0.4, 0.5) is 4.79 Å². The van der Waals surface area contributed by atoms with Crippen molar-refractivity contribution in [3.63, 3.8) is 0 Å². The van der Waals surface area contributed by atoms with Crippen LogP contribution in [-0.2, 0) is 6.54 Å². The Morgan fingerprint density at radius 3 is 2.77 bits per heavy atom. The fourth-order valence-electron chi connectivity index (χ4n) is 2.50. The number of nitrogens with zero attached hydrogens (tertiary/aromatic N) is 4. The summed E-state index contributed by atoms with van der Waals surface area (Å²) in [6, 6.07) is 3.89. The van der Waals surface area contributed by atoms with E-state index >= 15 is 0 Å². The molecule has 0 spiro atoms. The molecule has 7 heteroatoms. The first kappa shape index (κ1) is 15.1. The van der Waals surface area contributed by atoms with E-state index in [2.05, 4.69) is 15.3 Å². The molecule has 2 amide bonds. The molecule has 0 aromatic carbocycles.